The lowest BCUT2D eigenvalue weighted by atomic mass is 9.89. The number of thioether (sulfide) groups is 1. The number of hydrogen-bond donors (Lipinski definition) is 1. The predicted molar refractivity (Wildman–Crippen MR) is 100 cm³/mol. The molecule has 0 radical (unpaired) electrons. The zero-order valence-corrected chi connectivity index (χ0v) is 14.5. The summed E-state index contributed by atoms with van der Waals surface area (Å²) in [6.45, 7) is 2.68. The molecule has 0 spiro atoms. The van der Waals surface area contributed by atoms with E-state index in [1.807, 2.05) is 0 Å². The van der Waals surface area contributed by atoms with Crippen LogP contribution in [0.15, 0.2) is 60.7 Å². The van der Waals surface area contributed by atoms with Gasteiger partial charge in [0.25, 0.3) is 0 Å². The summed E-state index contributed by atoms with van der Waals surface area (Å²) in [4.78, 5) is 2.62. The van der Waals surface area contributed by atoms with Gasteiger partial charge in [0.2, 0.25) is 0 Å². The lowest BCUT2D eigenvalue weighted by Crippen LogP contribution is -2.55. The molecule has 2 N–H and O–H groups in total. The Kier molecular flexibility index (Phi) is 5.76. The smallest absolute Gasteiger partial charge is 0.0354 e. The van der Waals surface area contributed by atoms with E-state index in [-0.39, 0.29) is 5.54 Å². The molecule has 3 rings (SSSR count). The number of rotatable bonds is 6. The van der Waals surface area contributed by atoms with Crippen molar-refractivity contribution >= 4 is 11.8 Å². The SMILES string of the molecule is NCC1(N(Cc2ccccc2)Cc2ccccc2)CCSCC1. The fraction of sp³-hybridized carbons (Fsp3) is 0.400. The van der Waals surface area contributed by atoms with Crippen molar-refractivity contribution in [1.29, 1.82) is 0 Å². The van der Waals surface area contributed by atoms with E-state index in [1.165, 1.54) is 35.5 Å². The van der Waals surface area contributed by atoms with Crippen LogP contribution in [0.25, 0.3) is 0 Å². The van der Waals surface area contributed by atoms with Crippen molar-refractivity contribution in [3.63, 3.8) is 0 Å². The van der Waals surface area contributed by atoms with E-state index in [0.29, 0.717) is 0 Å². The highest BCUT2D eigenvalue weighted by Crippen LogP contribution is 2.34. The Morgan fingerprint density at radius 1 is 0.826 bits per heavy atom. The highest BCUT2D eigenvalue weighted by atomic mass is 32.2. The molecule has 2 nitrogen and oxygen atoms in total. The number of benzene rings is 2. The van der Waals surface area contributed by atoms with Gasteiger partial charge in [0.1, 0.15) is 0 Å². The molecule has 1 aliphatic heterocycles. The third-order valence-corrected chi connectivity index (χ3v) is 5.89. The summed E-state index contributed by atoms with van der Waals surface area (Å²) in [5.41, 5.74) is 9.17. The molecule has 3 heteroatoms. The second-order valence-electron chi connectivity index (χ2n) is 6.37. The third-order valence-electron chi connectivity index (χ3n) is 4.91. The van der Waals surface area contributed by atoms with Crippen LogP contribution in [0, 0.1) is 0 Å². The van der Waals surface area contributed by atoms with E-state index in [0.717, 1.165) is 19.6 Å². The Bertz CT molecular complexity index is 538. The molecule has 0 aliphatic carbocycles. The highest BCUT2D eigenvalue weighted by Gasteiger charge is 2.36. The Balaban J connectivity index is 1.85. The van der Waals surface area contributed by atoms with E-state index in [2.05, 4.69) is 77.3 Å². The molecule has 0 aromatic heterocycles. The van der Waals surface area contributed by atoms with Crippen LogP contribution < -0.4 is 5.73 Å². The summed E-state index contributed by atoms with van der Waals surface area (Å²) in [7, 11) is 0. The summed E-state index contributed by atoms with van der Waals surface area (Å²) in [5.74, 6) is 2.44. The number of nitrogens with two attached hydrogens (primary N) is 1. The van der Waals surface area contributed by atoms with Crippen molar-refractivity contribution in [2.45, 2.75) is 31.5 Å². The van der Waals surface area contributed by atoms with Gasteiger partial charge >= 0.3 is 0 Å². The first-order valence-electron chi connectivity index (χ1n) is 8.43. The van der Waals surface area contributed by atoms with E-state index >= 15 is 0 Å². The largest absolute Gasteiger partial charge is 0.329 e. The number of nitrogens with zero attached hydrogens (tertiary/aromatic N) is 1. The van der Waals surface area contributed by atoms with Crippen LogP contribution in [-0.2, 0) is 13.1 Å². The molecule has 23 heavy (non-hydrogen) atoms. The normalized spacial score (nSPS) is 17.3. The van der Waals surface area contributed by atoms with E-state index < -0.39 is 0 Å². The second-order valence-corrected chi connectivity index (χ2v) is 7.59. The zero-order valence-electron chi connectivity index (χ0n) is 13.7. The van der Waals surface area contributed by atoms with Gasteiger partial charge in [-0.05, 0) is 35.5 Å². The topological polar surface area (TPSA) is 29.3 Å². The summed E-state index contributed by atoms with van der Waals surface area (Å²) in [6, 6.07) is 21.6. The Hall–Kier alpha value is -1.29. The summed E-state index contributed by atoms with van der Waals surface area (Å²) in [6.07, 6.45) is 2.38. The van der Waals surface area contributed by atoms with Crippen LogP contribution in [0.2, 0.25) is 0 Å². The van der Waals surface area contributed by atoms with Crippen molar-refractivity contribution in [1.82, 2.24) is 4.90 Å². The van der Waals surface area contributed by atoms with Gasteiger partial charge in [-0.2, -0.15) is 11.8 Å². The molecule has 2 aromatic carbocycles. The minimum atomic E-state index is 0.136. The van der Waals surface area contributed by atoms with Gasteiger partial charge in [-0.25, -0.2) is 0 Å². The first-order chi connectivity index (χ1) is 11.3. The van der Waals surface area contributed by atoms with Crippen LogP contribution in [0.5, 0.6) is 0 Å². The van der Waals surface area contributed by atoms with Gasteiger partial charge in [0, 0.05) is 25.2 Å². The van der Waals surface area contributed by atoms with E-state index in [4.69, 9.17) is 5.73 Å². The average Bonchev–Trinajstić information content (AvgIpc) is 2.63. The lowest BCUT2D eigenvalue weighted by molar-refractivity contribution is 0.0680. The summed E-state index contributed by atoms with van der Waals surface area (Å²) < 4.78 is 0. The van der Waals surface area contributed by atoms with E-state index in [9.17, 15) is 0 Å². The van der Waals surface area contributed by atoms with Crippen molar-refractivity contribution < 1.29 is 0 Å². The molecule has 122 valence electrons. The average molecular weight is 327 g/mol. The van der Waals surface area contributed by atoms with Crippen molar-refractivity contribution in [3.8, 4) is 0 Å². The van der Waals surface area contributed by atoms with Crippen molar-refractivity contribution in [3.05, 3.63) is 71.8 Å². The molecule has 1 saturated heterocycles. The standard InChI is InChI=1S/C20H26N2S/c21-17-20(11-13-23-14-12-20)22(15-18-7-3-1-4-8-18)16-19-9-5-2-6-10-19/h1-10H,11-17,21H2. The fourth-order valence-corrected chi connectivity index (χ4v) is 4.65. The molecule has 0 unspecified atom stereocenters. The van der Waals surface area contributed by atoms with E-state index in [1.54, 1.807) is 0 Å². The van der Waals surface area contributed by atoms with Crippen LogP contribution in [0.1, 0.15) is 24.0 Å². The first-order valence-corrected chi connectivity index (χ1v) is 9.59. The maximum Gasteiger partial charge on any atom is 0.0354 e. The van der Waals surface area contributed by atoms with Gasteiger partial charge in [0.05, 0.1) is 0 Å². The minimum Gasteiger partial charge on any atom is -0.329 e. The second kappa shape index (κ2) is 8.00. The fourth-order valence-electron chi connectivity index (χ4n) is 3.40. The molecule has 1 aliphatic rings. The van der Waals surface area contributed by atoms with Crippen molar-refractivity contribution in [2.75, 3.05) is 18.1 Å². The van der Waals surface area contributed by atoms with Gasteiger partial charge in [-0.1, -0.05) is 60.7 Å². The molecule has 0 atom stereocenters. The Labute approximate surface area is 144 Å². The van der Waals surface area contributed by atoms with Crippen LogP contribution in [0.4, 0.5) is 0 Å². The molecule has 1 fully saturated rings. The zero-order chi connectivity index (χ0) is 16.0. The quantitative estimate of drug-likeness (QED) is 0.872. The van der Waals surface area contributed by atoms with Crippen LogP contribution >= 0.6 is 11.8 Å². The third kappa shape index (κ3) is 4.17. The molecule has 0 amide bonds. The number of hydrogen-bond acceptors (Lipinski definition) is 3. The monoisotopic (exact) mass is 326 g/mol. The van der Waals surface area contributed by atoms with Gasteiger partial charge < -0.3 is 5.73 Å². The van der Waals surface area contributed by atoms with Gasteiger partial charge in [-0.3, -0.25) is 4.90 Å². The summed E-state index contributed by atoms with van der Waals surface area (Å²) >= 11 is 2.06. The Morgan fingerprint density at radius 2 is 1.30 bits per heavy atom. The molecule has 1 heterocycles. The predicted octanol–water partition coefficient (Wildman–Crippen LogP) is 3.91. The van der Waals surface area contributed by atoms with Crippen LogP contribution in [0.3, 0.4) is 0 Å². The molecule has 2 aromatic rings. The van der Waals surface area contributed by atoms with Gasteiger partial charge in [-0.15, -0.1) is 0 Å². The van der Waals surface area contributed by atoms with Crippen molar-refractivity contribution in [2.24, 2.45) is 5.73 Å². The molecular formula is C20H26N2S. The summed E-state index contributed by atoms with van der Waals surface area (Å²) in [5, 5.41) is 0. The first kappa shape index (κ1) is 16.6. The van der Waals surface area contributed by atoms with Gasteiger partial charge in [0.15, 0.2) is 0 Å². The molecule has 0 bridgehead atoms. The molecular weight excluding hydrogens is 300 g/mol. The highest BCUT2D eigenvalue weighted by molar-refractivity contribution is 7.99. The Morgan fingerprint density at radius 3 is 1.74 bits per heavy atom. The maximum atomic E-state index is 6.30. The molecule has 0 saturated carbocycles. The van der Waals surface area contributed by atoms with Crippen LogP contribution in [-0.4, -0.2) is 28.5 Å². The lowest BCUT2D eigenvalue weighted by Gasteiger charge is -2.46. The maximum absolute atomic E-state index is 6.30. The minimum absolute atomic E-state index is 0.136.